The fourth-order valence-electron chi connectivity index (χ4n) is 3.95. The van der Waals surface area contributed by atoms with Crippen LogP contribution in [0.15, 0.2) is 112 Å². The third kappa shape index (κ3) is 12.1. The third-order valence-electron chi connectivity index (χ3n) is 6.17. The minimum atomic E-state index is -5.77. The molecule has 0 aliphatic heterocycles. The quantitative estimate of drug-likeness (QED) is 0.0811. The van der Waals surface area contributed by atoms with E-state index in [1.54, 1.807) is 0 Å². The van der Waals surface area contributed by atoms with Crippen molar-refractivity contribution in [3.05, 3.63) is 84.4 Å². The van der Waals surface area contributed by atoms with E-state index in [2.05, 4.69) is 0 Å². The second-order valence-corrected chi connectivity index (χ2v) is 18.6. The van der Waals surface area contributed by atoms with Gasteiger partial charge in [-0.1, -0.05) is 0 Å². The molecule has 0 fully saturated rings. The zero-order valence-electron chi connectivity index (χ0n) is 27.1. The van der Waals surface area contributed by atoms with Crippen molar-refractivity contribution >= 4 is 60.1 Å². The molecule has 29 heteroatoms. The predicted octanol–water partition coefficient (Wildman–Crippen LogP) is -10.9. The van der Waals surface area contributed by atoms with Gasteiger partial charge in [0.15, 0.2) is 0 Å². The number of hydrogen-bond donors (Lipinski definition) is 0. The average molecular weight is 895 g/mol. The summed E-state index contributed by atoms with van der Waals surface area (Å²) in [6.45, 7) is 0. The topological polar surface area (TPSA) is 306 Å². The first kappa shape index (κ1) is 53.1. The predicted molar refractivity (Wildman–Crippen MR) is 149 cm³/mol. The number of halogens is 2. The van der Waals surface area contributed by atoms with Crippen molar-refractivity contribution in [2.24, 2.45) is 0 Å². The van der Waals surface area contributed by atoms with E-state index < -0.39 is 122 Å². The van der Waals surface area contributed by atoms with Crippen molar-refractivity contribution < 1.29 is 200 Å². The molecule has 0 spiro atoms. The second kappa shape index (κ2) is 18.8. The number of rotatable bonds is 10. The van der Waals surface area contributed by atoms with Crippen LogP contribution in [0.2, 0.25) is 0 Å². The van der Waals surface area contributed by atoms with Crippen molar-refractivity contribution in [2.45, 2.75) is 39.2 Å². The Kier molecular flexibility index (Phi) is 18.8. The maximum Gasteiger partial charge on any atom is 1.00 e. The zero-order valence-corrected chi connectivity index (χ0v) is 40.0. The van der Waals surface area contributed by atoms with Crippen LogP contribution in [0.3, 0.4) is 0 Å². The smallest absolute Gasteiger partial charge is 0.744 e. The van der Waals surface area contributed by atoms with Gasteiger partial charge in [-0.25, -0.2) is 59.3 Å². The van der Waals surface area contributed by atoms with Crippen molar-refractivity contribution in [2.75, 3.05) is 0 Å². The Morgan fingerprint density at radius 2 is 0.604 bits per heavy atom. The molecule has 0 bridgehead atoms. The summed E-state index contributed by atoms with van der Waals surface area (Å²) in [5.41, 5.74) is 0. The largest absolute Gasteiger partial charge is 1.00 e. The normalized spacial score (nSPS) is 12.3. The van der Waals surface area contributed by atoms with Crippen LogP contribution >= 0.6 is 0 Å². The summed E-state index contributed by atoms with van der Waals surface area (Å²) in [4.78, 5) is -10.5. The van der Waals surface area contributed by atoms with E-state index >= 15 is 0 Å². The molecule has 53 heavy (non-hydrogen) atoms. The molecule has 4 aromatic carbocycles. The van der Waals surface area contributed by atoms with Gasteiger partial charge in [0.05, 0.1) is 39.2 Å². The Bertz CT molecular complexity index is 2560. The van der Waals surface area contributed by atoms with Crippen LogP contribution in [0.5, 0.6) is 11.5 Å². The van der Waals surface area contributed by atoms with E-state index in [9.17, 15) is 77.5 Å². The van der Waals surface area contributed by atoms with E-state index in [0.717, 1.165) is 0 Å². The number of benzene rings is 4. The average Bonchev–Trinajstić information content (AvgIpc) is 2.95. The molecule has 0 aliphatic rings. The van der Waals surface area contributed by atoms with Gasteiger partial charge in [-0.2, -0.15) is 0 Å². The molecule has 0 atom stereocenters. The molecule has 0 heterocycles. The maximum atomic E-state index is 13.8. The molecule has 4 rings (SSSR count). The molecule has 17 nitrogen and oxygen atoms in total. The standard InChI is InChI=1S/C24H16F2O17S6.4Na/c25-17-5-1-13(9-21(17)46(31,32)33)44(27,28)15-3-7-19(23(11-15)48(37,38)39)43-20-8-4-16(12-24(20)49(40,41)42)45(29,30)14-2-6-18(26)22(10-14)47(34,35)36;;;;/h1-12H,(H,31,32,33)(H,34,35,36)(H,37,38,39)(H,40,41,42);;;;/q;4*+1/p-4. The minimum absolute atomic E-state index is 0. The van der Waals surface area contributed by atoms with E-state index in [4.69, 9.17) is 4.74 Å². The van der Waals surface area contributed by atoms with Crippen LogP contribution in [-0.2, 0) is 60.1 Å². The maximum absolute atomic E-state index is 13.8. The summed E-state index contributed by atoms with van der Waals surface area (Å²) in [7, 11) is -32.7. The van der Waals surface area contributed by atoms with Gasteiger partial charge in [0.25, 0.3) is 0 Å². The van der Waals surface area contributed by atoms with Crippen LogP contribution in [0.4, 0.5) is 8.78 Å². The molecule has 4 aromatic rings. The number of hydrogen-bond acceptors (Lipinski definition) is 17. The molecule has 264 valence electrons. The van der Waals surface area contributed by atoms with Crippen LogP contribution in [0.25, 0.3) is 0 Å². The van der Waals surface area contributed by atoms with Gasteiger partial charge in [0, 0.05) is 0 Å². The summed E-state index contributed by atoms with van der Waals surface area (Å²) >= 11 is 0. The molecule has 0 aliphatic carbocycles. The van der Waals surface area contributed by atoms with Gasteiger partial charge in [-0.05, 0) is 72.8 Å². The monoisotopic (exact) mass is 894 g/mol. The Morgan fingerprint density at radius 1 is 0.377 bits per heavy atom. The summed E-state index contributed by atoms with van der Waals surface area (Å²) in [5, 5.41) is 0. The van der Waals surface area contributed by atoms with E-state index in [1.807, 2.05) is 0 Å². The van der Waals surface area contributed by atoms with Crippen LogP contribution in [-0.4, -0.2) is 68.7 Å². The van der Waals surface area contributed by atoms with Crippen molar-refractivity contribution in [1.82, 2.24) is 0 Å². The summed E-state index contributed by atoms with van der Waals surface area (Å²) in [6, 6.07) is 4.15. The Morgan fingerprint density at radius 3 is 0.849 bits per heavy atom. The Balaban J connectivity index is 0.00000676. The van der Waals surface area contributed by atoms with Crippen molar-refractivity contribution in [3.63, 3.8) is 0 Å². The first-order chi connectivity index (χ1) is 22.1. The van der Waals surface area contributed by atoms with Gasteiger partial charge in [0.2, 0.25) is 19.7 Å². The molecule has 0 N–H and O–H groups in total. The summed E-state index contributed by atoms with van der Waals surface area (Å²) in [6.07, 6.45) is 0. The third-order valence-corrected chi connectivity index (χ3v) is 13.1. The molecular weight excluding hydrogens is 883 g/mol. The molecule has 0 radical (unpaired) electrons. The first-order valence-corrected chi connectivity index (χ1v) is 20.6. The Hall–Kier alpha value is 0.0800. The molecule has 0 saturated carbocycles. The second-order valence-electron chi connectivity index (χ2n) is 9.33. The molecule has 0 aromatic heterocycles. The van der Waals surface area contributed by atoms with E-state index in [-0.39, 0.29) is 142 Å². The summed E-state index contributed by atoms with van der Waals surface area (Å²) < 4.78 is 226. The molecule has 0 amide bonds. The van der Waals surface area contributed by atoms with Gasteiger partial charge in [-0.3, -0.25) is 0 Å². The van der Waals surface area contributed by atoms with Crippen LogP contribution in [0, 0.1) is 11.6 Å². The molecular formula is C24H12F2Na4O17S6. The van der Waals surface area contributed by atoms with Gasteiger partial charge < -0.3 is 22.9 Å². The van der Waals surface area contributed by atoms with Gasteiger partial charge in [0.1, 0.15) is 63.6 Å². The SMILES string of the molecule is O=S(=O)([O-])c1cc(S(=O)(=O)c2ccc(Oc3ccc(S(=O)(=O)c4ccc(F)c(S(=O)(=O)[O-])c4)cc3S(=O)(=O)[O-])c(S(=O)(=O)[O-])c2)ccc1F.[Na+].[Na+].[Na+].[Na+]. The van der Waals surface area contributed by atoms with Crippen LogP contribution in [0.1, 0.15) is 0 Å². The summed E-state index contributed by atoms with van der Waals surface area (Å²) in [5.74, 6) is -5.52. The number of ether oxygens (including phenoxy) is 1. The minimum Gasteiger partial charge on any atom is -0.744 e. The fraction of sp³-hybridized carbons (Fsp3) is 0. The number of sulfone groups is 2. The molecule has 0 unspecified atom stereocenters. The van der Waals surface area contributed by atoms with Crippen molar-refractivity contribution in [1.29, 1.82) is 0 Å². The van der Waals surface area contributed by atoms with Crippen molar-refractivity contribution in [3.8, 4) is 11.5 Å². The van der Waals surface area contributed by atoms with Crippen LogP contribution < -0.4 is 123 Å². The Labute approximate surface area is 389 Å². The first-order valence-electron chi connectivity index (χ1n) is 12.0. The fourth-order valence-corrected chi connectivity index (χ4v) is 9.28. The van der Waals surface area contributed by atoms with E-state index in [0.29, 0.717) is 48.5 Å². The van der Waals surface area contributed by atoms with Gasteiger partial charge >= 0.3 is 118 Å². The van der Waals surface area contributed by atoms with Gasteiger partial charge in [-0.15, -0.1) is 0 Å². The zero-order chi connectivity index (χ0) is 37.1. The van der Waals surface area contributed by atoms with E-state index in [1.165, 1.54) is 0 Å². The molecule has 0 saturated heterocycles.